The van der Waals surface area contributed by atoms with Crippen molar-refractivity contribution < 1.29 is 23.7 Å². The number of methoxy groups -OCH3 is 2. The predicted molar refractivity (Wildman–Crippen MR) is 149 cm³/mol. The zero-order chi connectivity index (χ0) is 28.3. The summed E-state index contributed by atoms with van der Waals surface area (Å²) in [4.78, 5) is 22.0. The first-order chi connectivity index (χ1) is 18.5. The predicted octanol–water partition coefficient (Wildman–Crippen LogP) is 5.59. The van der Waals surface area contributed by atoms with Crippen LogP contribution in [0.4, 0.5) is 5.82 Å². The minimum absolute atomic E-state index is 0.0207. The van der Waals surface area contributed by atoms with E-state index in [-0.39, 0.29) is 17.9 Å². The third-order valence-corrected chi connectivity index (χ3v) is 6.22. The number of hydrogen-bond acceptors (Lipinski definition) is 8. The van der Waals surface area contributed by atoms with E-state index >= 15 is 0 Å². The number of pyridine rings is 2. The summed E-state index contributed by atoms with van der Waals surface area (Å²) in [6, 6.07) is 7.12. The standard InChI is InChI=1S/C29H35N5O5/c1-9-38-26-14-21-20(13-25(26)37-8)23(10-11-30-21)39-19-12-24(36-7)22(31-16-19)15-27(35)32-28-17(2)18(3)33-34(28)29(4,5)6/h10-14,16H,9,15H2,1-8H3,(H,32,35). The van der Waals surface area contributed by atoms with E-state index in [0.717, 1.165) is 16.6 Å². The Kier molecular flexibility index (Phi) is 7.94. The number of fused-ring (bicyclic) bond motifs is 1. The molecule has 0 saturated heterocycles. The monoisotopic (exact) mass is 533 g/mol. The number of benzene rings is 1. The molecule has 0 aliphatic carbocycles. The zero-order valence-corrected chi connectivity index (χ0v) is 23.7. The van der Waals surface area contributed by atoms with E-state index in [2.05, 4.69) is 20.4 Å². The number of amides is 1. The van der Waals surface area contributed by atoms with Crippen molar-refractivity contribution in [2.45, 2.75) is 53.5 Å². The van der Waals surface area contributed by atoms with Gasteiger partial charge in [-0.3, -0.25) is 14.8 Å². The molecule has 0 atom stereocenters. The molecule has 4 rings (SSSR count). The highest BCUT2D eigenvalue weighted by molar-refractivity contribution is 5.92. The van der Waals surface area contributed by atoms with Gasteiger partial charge in [-0.15, -0.1) is 0 Å². The minimum atomic E-state index is -0.289. The van der Waals surface area contributed by atoms with E-state index in [0.29, 0.717) is 52.4 Å². The van der Waals surface area contributed by atoms with Crippen molar-refractivity contribution in [3.05, 3.63) is 53.6 Å². The van der Waals surface area contributed by atoms with Gasteiger partial charge >= 0.3 is 0 Å². The van der Waals surface area contributed by atoms with Crippen molar-refractivity contribution in [2.24, 2.45) is 0 Å². The molecule has 3 aromatic heterocycles. The summed E-state index contributed by atoms with van der Waals surface area (Å²) in [5.74, 6) is 3.10. The number of aromatic nitrogens is 4. The third-order valence-electron chi connectivity index (χ3n) is 6.22. The van der Waals surface area contributed by atoms with E-state index in [1.54, 1.807) is 31.6 Å². The number of nitrogens with zero attached hydrogens (tertiary/aromatic N) is 4. The molecule has 0 fully saturated rings. The second-order valence-corrected chi connectivity index (χ2v) is 10.1. The van der Waals surface area contributed by atoms with Gasteiger partial charge in [-0.25, -0.2) is 4.68 Å². The van der Waals surface area contributed by atoms with Crippen LogP contribution in [0.25, 0.3) is 10.9 Å². The highest BCUT2D eigenvalue weighted by atomic mass is 16.5. The van der Waals surface area contributed by atoms with Crippen LogP contribution in [0.2, 0.25) is 0 Å². The molecule has 0 aliphatic heterocycles. The second kappa shape index (κ2) is 11.2. The van der Waals surface area contributed by atoms with E-state index in [1.807, 2.05) is 58.4 Å². The van der Waals surface area contributed by atoms with Crippen LogP contribution in [0.3, 0.4) is 0 Å². The number of ether oxygens (including phenoxy) is 4. The Bertz CT molecular complexity index is 1510. The van der Waals surface area contributed by atoms with E-state index < -0.39 is 0 Å². The molecular formula is C29H35N5O5. The Balaban J connectivity index is 1.57. The smallest absolute Gasteiger partial charge is 0.231 e. The number of hydrogen-bond donors (Lipinski definition) is 1. The van der Waals surface area contributed by atoms with E-state index in [9.17, 15) is 4.79 Å². The summed E-state index contributed by atoms with van der Waals surface area (Å²) in [6.07, 6.45) is 3.25. The quantitative estimate of drug-likeness (QED) is 0.297. The summed E-state index contributed by atoms with van der Waals surface area (Å²) < 4.78 is 24.7. The van der Waals surface area contributed by atoms with Crippen LogP contribution in [0.15, 0.2) is 36.7 Å². The van der Waals surface area contributed by atoms with Crippen molar-refractivity contribution in [1.82, 2.24) is 19.7 Å². The summed E-state index contributed by atoms with van der Waals surface area (Å²) >= 11 is 0. The number of aryl methyl sites for hydroxylation is 1. The fourth-order valence-corrected chi connectivity index (χ4v) is 4.16. The highest BCUT2D eigenvalue weighted by Crippen LogP contribution is 2.37. The van der Waals surface area contributed by atoms with Crippen molar-refractivity contribution in [2.75, 3.05) is 26.1 Å². The maximum atomic E-state index is 13.0. The fourth-order valence-electron chi connectivity index (χ4n) is 4.16. The Labute approximate surface area is 228 Å². The molecule has 1 amide bonds. The Morgan fingerprint density at radius 1 is 1.00 bits per heavy atom. The van der Waals surface area contributed by atoms with Crippen LogP contribution in [0.1, 0.15) is 44.6 Å². The molecule has 10 nitrogen and oxygen atoms in total. The van der Waals surface area contributed by atoms with E-state index in [1.165, 1.54) is 7.11 Å². The first kappa shape index (κ1) is 27.7. The van der Waals surface area contributed by atoms with Gasteiger partial charge in [0.2, 0.25) is 5.91 Å². The molecule has 0 unspecified atom stereocenters. The molecule has 10 heteroatoms. The summed E-state index contributed by atoms with van der Waals surface area (Å²) in [5.41, 5.74) is 2.69. The van der Waals surface area contributed by atoms with Crippen LogP contribution >= 0.6 is 0 Å². The lowest BCUT2D eigenvalue weighted by molar-refractivity contribution is -0.115. The Morgan fingerprint density at radius 2 is 1.74 bits per heavy atom. The number of carbonyl (C=O) groups excluding carboxylic acids is 1. The normalized spacial score (nSPS) is 11.4. The lowest BCUT2D eigenvalue weighted by Crippen LogP contribution is -2.27. The van der Waals surface area contributed by atoms with Gasteiger partial charge in [0, 0.05) is 29.3 Å². The van der Waals surface area contributed by atoms with Gasteiger partial charge in [0.1, 0.15) is 23.1 Å². The maximum Gasteiger partial charge on any atom is 0.231 e. The Morgan fingerprint density at radius 3 is 2.41 bits per heavy atom. The summed E-state index contributed by atoms with van der Waals surface area (Å²) in [5, 5.41) is 8.36. The van der Waals surface area contributed by atoms with Gasteiger partial charge in [0.05, 0.1) is 55.9 Å². The molecule has 0 aliphatic rings. The molecule has 0 spiro atoms. The van der Waals surface area contributed by atoms with Crippen LogP contribution in [-0.2, 0) is 16.8 Å². The van der Waals surface area contributed by atoms with Crippen LogP contribution < -0.4 is 24.3 Å². The molecule has 1 aromatic carbocycles. The third kappa shape index (κ3) is 5.89. The van der Waals surface area contributed by atoms with Crippen molar-refractivity contribution in [3.8, 4) is 28.7 Å². The fraction of sp³-hybridized carbons (Fsp3) is 0.379. The topological polar surface area (TPSA) is 110 Å². The van der Waals surface area contributed by atoms with Gasteiger partial charge in [-0.1, -0.05) is 0 Å². The minimum Gasteiger partial charge on any atom is -0.495 e. The molecule has 4 aromatic rings. The van der Waals surface area contributed by atoms with Gasteiger partial charge < -0.3 is 24.3 Å². The van der Waals surface area contributed by atoms with Gasteiger partial charge in [0.15, 0.2) is 11.5 Å². The molecule has 1 N–H and O–H groups in total. The average molecular weight is 534 g/mol. The Hall–Kier alpha value is -4.34. The lowest BCUT2D eigenvalue weighted by atomic mass is 10.1. The molecule has 0 radical (unpaired) electrons. The molecule has 39 heavy (non-hydrogen) atoms. The van der Waals surface area contributed by atoms with Crippen molar-refractivity contribution >= 4 is 22.6 Å². The van der Waals surface area contributed by atoms with Gasteiger partial charge in [0.25, 0.3) is 0 Å². The number of nitrogens with one attached hydrogen (secondary N) is 1. The summed E-state index contributed by atoms with van der Waals surface area (Å²) in [6.45, 7) is 12.4. The number of carbonyl (C=O) groups is 1. The average Bonchev–Trinajstić information content (AvgIpc) is 3.18. The van der Waals surface area contributed by atoms with E-state index in [4.69, 9.17) is 18.9 Å². The zero-order valence-electron chi connectivity index (χ0n) is 23.7. The molecule has 206 valence electrons. The van der Waals surface area contributed by atoms with Crippen LogP contribution in [0, 0.1) is 13.8 Å². The molecule has 0 bridgehead atoms. The number of anilines is 1. The summed E-state index contributed by atoms with van der Waals surface area (Å²) in [7, 11) is 3.12. The SMILES string of the molecule is CCOc1cc2nccc(Oc3cnc(CC(=O)Nc4c(C)c(C)nn4C(C)(C)C)c(OC)c3)c2cc1OC. The van der Waals surface area contributed by atoms with Gasteiger partial charge in [-0.05, 0) is 53.7 Å². The van der Waals surface area contributed by atoms with Gasteiger partial charge in [-0.2, -0.15) is 5.10 Å². The molecular weight excluding hydrogens is 498 g/mol. The first-order valence-corrected chi connectivity index (χ1v) is 12.7. The van der Waals surface area contributed by atoms with Crippen LogP contribution in [0.5, 0.6) is 28.7 Å². The molecule has 3 heterocycles. The largest absolute Gasteiger partial charge is 0.495 e. The maximum absolute atomic E-state index is 13.0. The number of rotatable bonds is 9. The second-order valence-electron chi connectivity index (χ2n) is 10.1. The van der Waals surface area contributed by atoms with Crippen molar-refractivity contribution in [3.63, 3.8) is 0 Å². The molecule has 0 saturated carbocycles. The van der Waals surface area contributed by atoms with Crippen molar-refractivity contribution in [1.29, 1.82) is 0 Å². The first-order valence-electron chi connectivity index (χ1n) is 12.7. The highest BCUT2D eigenvalue weighted by Gasteiger charge is 2.24. The van der Waals surface area contributed by atoms with Crippen LogP contribution in [-0.4, -0.2) is 46.5 Å². The lowest BCUT2D eigenvalue weighted by Gasteiger charge is -2.23.